The van der Waals surface area contributed by atoms with Gasteiger partial charge in [-0.2, -0.15) is 13.2 Å². The molecule has 3 rings (SSSR count). The van der Waals surface area contributed by atoms with Crippen molar-refractivity contribution in [2.45, 2.75) is 25.7 Å². The lowest BCUT2D eigenvalue weighted by Crippen LogP contribution is -2.35. The number of carbonyl (C=O) groups is 2. The highest BCUT2D eigenvalue weighted by molar-refractivity contribution is 6.35. The second kappa shape index (κ2) is 10.0. The van der Waals surface area contributed by atoms with Crippen molar-refractivity contribution in [3.63, 3.8) is 0 Å². The van der Waals surface area contributed by atoms with Crippen LogP contribution in [0, 0.1) is 12.7 Å². The second-order valence-electron chi connectivity index (χ2n) is 7.16. The third kappa shape index (κ3) is 5.68. The van der Waals surface area contributed by atoms with Crippen molar-refractivity contribution in [2.75, 3.05) is 7.11 Å². The molecule has 2 aromatic rings. The Kier molecular flexibility index (Phi) is 7.52. The van der Waals surface area contributed by atoms with Gasteiger partial charge in [0.25, 0.3) is 5.91 Å². The Labute approximate surface area is 201 Å². The fourth-order valence-electron chi connectivity index (χ4n) is 3.10. The van der Waals surface area contributed by atoms with E-state index in [1.165, 1.54) is 32.2 Å². The summed E-state index contributed by atoms with van der Waals surface area (Å²) in [6.45, 7) is 1.52. The number of aryl methyl sites for hydroxylation is 1. The number of benzene rings is 2. The molecule has 0 spiro atoms. The van der Waals surface area contributed by atoms with E-state index >= 15 is 0 Å². The molecular formula is C22H16Cl2F4N2O4. The van der Waals surface area contributed by atoms with Crippen molar-refractivity contribution in [1.82, 2.24) is 5.32 Å². The zero-order valence-electron chi connectivity index (χ0n) is 17.6. The van der Waals surface area contributed by atoms with Crippen molar-refractivity contribution >= 4 is 46.4 Å². The number of nitrogens with zero attached hydrogens (tertiary/aromatic N) is 1. The van der Waals surface area contributed by atoms with Gasteiger partial charge in [-0.05, 0) is 53.5 Å². The number of ketones is 1. The molecule has 0 saturated heterocycles. The van der Waals surface area contributed by atoms with Crippen LogP contribution in [0.15, 0.2) is 41.6 Å². The highest BCUT2D eigenvalue weighted by Gasteiger charge is 2.36. The van der Waals surface area contributed by atoms with Gasteiger partial charge in [-0.25, -0.2) is 4.39 Å². The molecule has 34 heavy (non-hydrogen) atoms. The number of rotatable bonds is 5. The minimum atomic E-state index is -4.96. The first-order chi connectivity index (χ1) is 15.9. The van der Waals surface area contributed by atoms with Crippen LogP contribution >= 0.6 is 23.2 Å². The predicted octanol–water partition coefficient (Wildman–Crippen LogP) is 5.71. The number of oxime groups is 1. The lowest BCUT2D eigenvalue weighted by Gasteiger charge is -2.14. The van der Waals surface area contributed by atoms with Gasteiger partial charge < -0.3 is 14.9 Å². The molecule has 0 aromatic heterocycles. The topological polar surface area (TPSA) is 77.0 Å². The fraction of sp³-hybridized carbons (Fsp3) is 0.227. The number of amides is 1. The van der Waals surface area contributed by atoms with Gasteiger partial charge in [0.05, 0.1) is 29.1 Å². The molecule has 2 aromatic carbocycles. The molecule has 1 aliphatic heterocycles. The fourth-order valence-corrected chi connectivity index (χ4v) is 3.59. The van der Waals surface area contributed by atoms with Crippen molar-refractivity contribution in [3.05, 3.63) is 74.5 Å². The van der Waals surface area contributed by atoms with Crippen molar-refractivity contribution in [2.24, 2.45) is 5.16 Å². The number of ether oxygens (including phenoxy) is 1. The van der Waals surface area contributed by atoms with E-state index in [2.05, 4.69) is 10.5 Å². The molecular weight excluding hydrogens is 503 g/mol. The average molecular weight is 519 g/mol. The molecule has 1 unspecified atom stereocenters. The van der Waals surface area contributed by atoms with Crippen LogP contribution in [0.5, 0.6) is 0 Å². The summed E-state index contributed by atoms with van der Waals surface area (Å²) in [6, 6.07) is 5.26. The van der Waals surface area contributed by atoms with Crippen LogP contribution in [0.25, 0.3) is 5.57 Å². The van der Waals surface area contributed by atoms with E-state index in [9.17, 15) is 27.2 Å². The van der Waals surface area contributed by atoms with Gasteiger partial charge in [0.1, 0.15) is 0 Å². The van der Waals surface area contributed by atoms with E-state index in [4.69, 9.17) is 32.8 Å². The number of allylic oxidation sites excluding steroid dienone is 2. The van der Waals surface area contributed by atoms with E-state index in [1.807, 2.05) is 0 Å². The summed E-state index contributed by atoms with van der Waals surface area (Å²) in [7, 11) is 1.41. The number of alkyl halides is 3. The van der Waals surface area contributed by atoms with Gasteiger partial charge in [0, 0.05) is 11.1 Å². The Morgan fingerprint density at radius 1 is 1.18 bits per heavy atom. The number of hydrogen-bond donors (Lipinski definition) is 1. The molecule has 0 fully saturated rings. The van der Waals surface area contributed by atoms with Crippen LogP contribution in [-0.4, -0.2) is 37.1 Å². The Hall–Kier alpha value is -3.11. The molecule has 0 aliphatic carbocycles. The first kappa shape index (κ1) is 25.5. The molecule has 1 atom stereocenters. The molecule has 12 heteroatoms. The summed E-state index contributed by atoms with van der Waals surface area (Å²) < 4.78 is 59.5. The lowest BCUT2D eigenvalue weighted by atomic mass is 9.98. The predicted molar refractivity (Wildman–Crippen MR) is 117 cm³/mol. The maximum absolute atomic E-state index is 13.7. The summed E-state index contributed by atoms with van der Waals surface area (Å²) in [5, 5.41) is 4.97. The van der Waals surface area contributed by atoms with Crippen LogP contribution in [0.3, 0.4) is 0 Å². The zero-order chi connectivity index (χ0) is 25.2. The second-order valence-corrected chi connectivity index (χ2v) is 7.98. The van der Waals surface area contributed by atoms with Crippen molar-refractivity contribution in [3.8, 4) is 0 Å². The lowest BCUT2D eigenvalue weighted by molar-refractivity contribution is -0.0689. The zero-order valence-corrected chi connectivity index (χ0v) is 19.1. The molecule has 1 N–H and O–H groups in total. The summed E-state index contributed by atoms with van der Waals surface area (Å²) in [5.41, 5.74) is -1.50. The quantitative estimate of drug-likeness (QED) is 0.238. The van der Waals surface area contributed by atoms with Gasteiger partial charge in [-0.3, -0.25) is 9.59 Å². The SMILES string of the molecule is COC1=NOC(NC(=O)c2ccc(C(=O)/C=C(\c3cc(Cl)c(F)c(Cl)c3)C(F)(F)F)cc2C)C1. The van der Waals surface area contributed by atoms with Gasteiger partial charge in [-0.1, -0.05) is 29.3 Å². The van der Waals surface area contributed by atoms with Gasteiger partial charge in [-0.15, -0.1) is 0 Å². The molecule has 6 nitrogen and oxygen atoms in total. The number of methoxy groups -OCH3 is 1. The van der Waals surface area contributed by atoms with E-state index in [0.29, 0.717) is 17.5 Å². The van der Waals surface area contributed by atoms with Crippen LogP contribution in [0.2, 0.25) is 10.0 Å². The van der Waals surface area contributed by atoms with Crippen LogP contribution in [-0.2, 0) is 9.57 Å². The average Bonchev–Trinajstić information content (AvgIpc) is 3.21. The van der Waals surface area contributed by atoms with E-state index < -0.39 is 51.1 Å². The maximum atomic E-state index is 13.7. The van der Waals surface area contributed by atoms with E-state index in [0.717, 1.165) is 12.1 Å². The largest absolute Gasteiger partial charge is 0.482 e. The highest BCUT2D eigenvalue weighted by Crippen LogP contribution is 2.37. The van der Waals surface area contributed by atoms with Crippen LogP contribution in [0.1, 0.15) is 38.3 Å². The minimum absolute atomic E-state index is 0.0998. The Balaban J connectivity index is 1.85. The highest BCUT2D eigenvalue weighted by atomic mass is 35.5. The van der Waals surface area contributed by atoms with Gasteiger partial charge >= 0.3 is 6.18 Å². The molecule has 0 bridgehead atoms. The van der Waals surface area contributed by atoms with E-state index in [-0.39, 0.29) is 17.5 Å². The van der Waals surface area contributed by atoms with Crippen molar-refractivity contribution in [1.29, 1.82) is 0 Å². The van der Waals surface area contributed by atoms with Crippen molar-refractivity contribution < 1.29 is 36.7 Å². The summed E-state index contributed by atoms with van der Waals surface area (Å²) >= 11 is 11.2. The molecule has 1 heterocycles. The number of hydrogen-bond acceptors (Lipinski definition) is 5. The Morgan fingerprint density at radius 3 is 2.35 bits per heavy atom. The third-order valence-electron chi connectivity index (χ3n) is 4.80. The number of nitrogens with one attached hydrogen (secondary N) is 1. The molecule has 180 valence electrons. The molecule has 0 saturated carbocycles. The standard InChI is InChI=1S/C22H16Cl2F4N2O4/c1-10-5-11(3-4-13(10)21(32)29-18-9-19(33-2)30-34-18)17(31)8-14(22(26,27)28)12-6-15(23)20(25)16(24)7-12/h3-8,18H,9H2,1-2H3,(H,29,32)/b14-8+. The normalized spacial score (nSPS) is 16.1. The monoisotopic (exact) mass is 518 g/mol. The molecule has 1 amide bonds. The third-order valence-corrected chi connectivity index (χ3v) is 5.35. The van der Waals surface area contributed by atoms with Crippen LogP contribution < -0.4 is 5.32 Å². The van der Waals surface area contributed by atoms with E-state index in [1.54, 1.807) is 0 Å². The number of halogens is 6. The first-order valence-corrected chi connectivity index (χ1v) is 10.3. The number of carbonyl (C=O) groups excluding carboxylic acids is 2. The molecule has 1 aliphatic rings. The summed E-state index contributed by atoms with van der Waals surface area (Å²) in [6.07, 6.45) is -5.11. The molecule has 0 radical (unpaired) electrons. The minimum Gasteiger partial charge on any atom is -0.482 e. The van der Waals surface area contributed by atoms with Gasteiger partial charge in [0.2, 0.25) is 12.1 Å². The Morgan fingerprint density at radius 2 is 1.82 bits per heavy atom. The maximum Gasteiger partial charge on any atom is 0.417 e. The van der Waals surface area contributed by atoms with Crippen LogP contribution in [0.4, 0.5) is 17.6 Å². The summed E-state index contributed by atoms with van der Waals surface area (Å²) in [4.78, 5) is 30.1. The first-order valence-electron chi connectivity index (χ1n) is 9.57. The van der Waals surface area contributed by atoms with Gasteiger partial charge in [0.15, 0.2) is 11.6 Å². The Bertz CT molecular complexity index is 1190. The summed E-state index contributed by atoms with van der Waals surface area (Å²) in [5.74, 6) is -2.29. The smallest absolute Gasteiger partial charge is 0.417 e.